The fraction of sp³-hybridized carbons (Fsp3) is 0.739. The van der Waals surface area contributed by atoms with Crippen molar-refractivity contribution in [1.82, 2.24) is 9.80 Å². The average Bonchev–Trinajstić information content (AvgIpc) is 2.71. The number of unbranched alkanes of at least 4 members (excludes halogenated alkanes) is 6. The van der Waals surface area contributed by atoms with Crippen molar-refractivity contribution in [2.45, 2.75) is 64.8 Å². The van der Waals surface area contributed by atoms with Gasteiger partial charge in [0.2, 0.25) is 0 Å². The van der Waals surface area contributed by atoms with Crippen LogP contribution < -0.4 is 10.5 Å². The fourth-order valence-corrected chi connectivity index (χ4v) is 3.68. The summed E-state index contributed by atoms with van der Waals surface area (Å²) in [4.78, 5) is 5.08. The highest BCUT2D eigenvalue weighted by atomic mass is 16.5. The Balaban J connectivity index is 1.56. The quantitative estimate of drug-likeness (QED) is 0.493. The lowest BCUT2D eigenvalue weighted by Crippen LogP contribution is -2.46. The lowest BCUT2D eigenvalue weighted by atomic mass is 10.1. The SMILES string of the molecule is CCCCCCCCCOc1ccc(CN2CCN(CCCN)CC2)cc1. The Hall–Kier alpha value is -1.10. The maximum absolute atomic E-state index is 5.90. The van der Waals surface area contributed by atoms with Gasteiger partial charge in [-0.1, -0.05) is 57.6 Å². The predicted molar refractivity (Wildman–Crippen MR) is 115 cm³/mol. The molecule has 0 aromatic heterocycles. The third-order valence-electron chi connectivity index (χ3n) is 5.49. The van der Waals surface area contributed by atoms with E-state index in [4.69, 9.17) is 10.5 Å². The molecular formula is C23H41N3O. The molecule has 0 aliphatic carbocycles. The number of benzene rings is 1. The molecular weight excluding hydrogens is 334 g/mol. The first-order valence-corrected chi connectivity index (χ1v) is 11.2. The Morgan fingerprint density at radius 3 is 2.11 bits per heavy atom. The summed E-state index contributed by atoms with van der Waals surface area (Å²) in [5.74, 6) is 1.01. The summed E-state index contributed by atoms with van der Waals surface area (Å²) in [6.07, 6.45) is 10.4. The Morgan fingerprint density at radius 2 is 1.44 bits per heavy atom. The minimum atomic E-state index is 0.799. The number of hydrogen-bond donors (Lipinski definition) is 1. The van der Waals surface area contributed by atoms with Gasteiger partial charge in [-0.05, 0) is 43.6 Å². The molecule has 1 aromatic rings. The summed E-state index contributed by atoms with van der Waals surface area (Å²) in [6.45, 7) is 10.7. The van der Waals surface area contributed by atoms with Gasteiger partial charge < -0.3 is 15.4 Å². The number of hydrogen-bond acceptors (Lipinski definition) is 4. The van der Waals surface area contributed by atoms with Crippen LogP contribution in [0.3, 0.4) is 0 Å². The van der Waals surface area contributed by atoms with Crippen molar-refractivity contribution in [3.63, 3.8) is 0 Å². The summed E-state index contributed by atoms with van der Waals surface area (Å²) >= 11 is 0. The van der Waals surface area contributed by atoms with E-state index in [1.807, 2.05) is 0 Å². The van der Waals surface area contributed by atoms with Gasteiger partial charge >= 0.3 is 0 Å². The lowest BCUT2D eigenvalue weighted by Gasteiger charge is -2.34. The first-order chi connectivity index (χ1) is 13.3. The largest absolute Gasteiger partial charge is 0.494 e. The maximum atomic E-state index is 5.90. The summed E-state index contributed by atoms with van der Waals surface area (Å²) in [6, 6.07) is 8.71. The van der Waals surface area contributed by atoms with Crippen LogP contribution in [-0.4, -0.2) is 55.7 Å². The third-order valence-corrected chi connectivity index (χ3v) is 5.49. The molecule has 1 aromatic carbocycles. The Bertz CT molecular complexity index is 469. The smallest absolute Gasteiger partial charge is 0.119 e. The predicted octanol–water partition coefficient (Wildman–Crippen LogP) is 4.28. The molecule has 154 valence electrons. The topological polar surface area (TPSA) is 41.7 Å². The minimum absolute atomic E-state index is 0.799. The molecule has 0 amide bonds. The lowest BCUT2D eigenvalue weighted by molar-refractivity contribution is 0.126. The van der Waals surface area contributed by atoms with Gasteiger partial charge in [0.15, 0.2) is 0 Å². The zero-order valence-corrected chi connectivity index (χ0v) is 17.5. The molecule has 27 heavy (non-hydrogen) atoms. The highest BCUT2D eigenvalue weighted by Gasteiger charge is 2.16. The van der Waals surface area contributed by atoms with Crippen LogP contribution in [0.5, 0.6) is 5.75 Å². The molecule has 0 spiro atoms. The average molecular weight is 376 g/mol. The molecule has 2 N–H and O–H groups in total. The molecule has 0 radical (unpaired) electrons. The van der Waals surface area contributed by atoms with Crippen LogP contribution in [0.25, 0.3) is 0 Å². The summed E-state index contributed by atoms with van der Waals surface area (Å²) in [5.41, 5.74) is 6.99. The summed E-state index contributed by atoms with van der Waals surface area (Å²) in [5, 5.41) is 0. The van der Waals surface area contributed by atoms with E-state index < -0.39 is 0 Å². The molecule has 0 unspecified atom stereocenters. The van der Waals surface area contributed by atoms with Crippen LogP contribution in [0, 0.1) is 0 Å². The van der Waals surface area contributed by atoms with E-state index in [1.54, 1.807) is 0 Å². The molecule has 1 fully saturated rings. The monoisotopic (exact) mass is 375 g/mol. The molecule has 1 saturated heterocycles. The normalized spacial score (nSPS) is 15.9. The molecule has 4 heteroatoms. The number of ether oxygens (including phenoxy) is 1. The van der Waals surface area contributed by atoms with Gasteiger partial charge in [0, 0.05) is 32.7 Å². The zero-order valence-electron chi connectivity index (χ0n) is 17.5. The van der Waals surface area contributed by atoms with E-state index in [0.29, 0.717) is 0 Å². The third kappa shape index (κ3) is 9.59. The molecule has 0 atom stereocenters. The second-order valence-electron chi connectivity index (χ2n) is 7.87. The number of rotatable bonds is 14. The van der Waals surface area contributed by atoms with Crippen molar-refractivity contribution < 1.29 is 4.74 Å². The van der Waals surface area contributed by atoms with Gasteiger partial charge in [-0.2, -0.15) is 0 Å². The van der Waals surface area contributed by atoms with Crippen LogP contribution >= 0.6 is 0 Å². The van der Waals surface area contributed by atoms with Crippen molar-refractivity contribution >= 4 is 0 Å². The highest BCUT2D eigenvalue weighted by molar-refractivity contribution is 5.27. The van der Waals surface area contributed by atoms with Crippen LogP contribution in [0.4, 0.5) is 0 Å². The van der Waals surface area contributed by atoms with Crippen LogP contribution in [0.2, 0.25) is 0 Å². The molecule has 1 aliphatic rings. The Labute approximate surface area is 167 Å². The van der Waals surface area contributed by atoms with Gasteiger partial charge in [0.05, 0.1) is 6.61 Å². The Morgan fingerprint density at radius 1 is 0.815 bits per heavy atom. The van der Waals surface area contributed by atoms with Gasteiger partial charge in [0.1, 0.15) is 5.75 Å². The van der Waals surface area contributed by atoms with Crippen molar-refractivity contribution in [2.75, 3.05) is 45.9 Å². The second kappa shape index (κ2) is 14.0. The molecule has 0 bridgehead atoms. The molecule has 0 saturated carbocycles. The van der Waals surface area contributed by atoms with E-state index in [-0.39, 0.29) is 0 Å². The van der Waals surface area contributed by atoms with Crippen molar-refractivity contribution in [3.05, 3.63) is 29.8 Å². The van der Waals surface area contributed by atoms with Gasteiger partial charge in [0.25, 0.3) is 0 Å². The zero-order chi connectivity index (χ0) is 19.2. The number of piperazine rings is 1. The molecule has 1 aliphatic heterocycles. The van der Waals surface area contributed by atoms with Gasteiger partial charge in [-0.25, -0.2) is 0 Å². The van der Waals surface area contributed by atoms with E-state index in [1.165, 1.54) is 63.6 Å². The first kappa shape index (κ1) is 22.2. The first-order valence-electron chi connectivity index (χ1n) is 11.2. The fourth-order valence-electron chi connectivity index (χ4n) is 3.68. The van der Waals surface area contributed by atoms with Gasteiger partial charge in [-0.15, -0.1) is 0 Å². The van der Waals surface area contributed by atoms with E-state index in [9.17, 15) is 0 Å². The van der Waals surface area contributed by atoms with Crippen molar-refractivity contribution in [1.29, 1.82) is 0 Å². The standard InChI is InChI=1S/C23H41N3O/c1-2-3-4-5-6-7-8-20-27-23-12-10-22(11-13-23)21-26-18-16-25(17-19-26)15-9-14-24/h10-13H,2-9,14-21,24H2,1H3. The van der Waals surface area contributed by atoms with E-state index in [2.05, 4.69) is 41.0 Å². The second-order valence-corrected chi connectivity index (χ2v) is 7.87. The van der Waals surface area contributed by atoms with Crippen LogP contribution in [0.15, 0.2) is 24.3 Å². The summed E-state index contributed by atoms with van der Waals surface area (Å²) < 4.78 is 5.90. The number of nitrogens with two attached hydrogens (primary N) is 1. The minimum Gasteiger partial charge on any atom is -0.494 e. The van der Waals surface area contributed by atoms with Crippen LogP contribution in [-0.2, 0) is 6.54 Å². The van der Waals surface area contributed by atoms with Gasteiger partial charge in [-0.3, -0.25) is 4.90 Å². The van der Waals surface area contributed by atoms with Crippen molar-refractivity contribution in [3.8, 4) is 5.75 Å². The maximum Gasteiger partial charge on any atom is 0.119 e. The number of nitrogens with zero attached hydrogens (tertiary/aromatic N) is 2. The van der Waals surface area contributed by atoms with E-state index in [0.717, 1.165) is 51.5 Å². The van der Waals surface area contributed by atoms with Crippen molar-refractivity contribution in [2.24, 2.45) is 5.73 Å². The van der Waals surface area contributed by atoms with E-state index >= 15 is 0 Å². The molecule has 4 nitrogen and oxygen atoms in total. The Kier molecular flexibility index (Phi) is 11.5. The highest BCUT2D eigenvalue weighted by Crippen LogP contribution is 2.16. The molecule has 1 heterocycles. The summed E-state index contributed by atoms with van der Waals surface area (Å²) in [7, 11) is 0. The molecule has 2 rings (SSSR count). The van der Waals surface area contributed by atoms with Crippen LogP contribution in [0.1, 0.15) is 63.9 Å².